The fourth-order valence-corrected chi connectivity index (χ4v) is 1.56. The molecule has 0 bridgehead atoms. The summed E-state index contributed by atoms with van der Waals surface area (Å²) in [6, 6.07) is 0. The molecular formula is C13H25N7O3. The van der Waals surface area contributed by atoms with Gasteiger partial charge in [-0.2, -0.15) is 15.0 Å². The van der Waals surface area contributed by atoms with Gasteiger partial charge in [-0.05, 0) is 0 Å². The Morgan fingerprint density at radius 1 is 0.826 bits per heavy atom. The molecule has 0 saturated heterocycles. The second-order valence-corrected chi connectivity index (χ2v) is 4.56. The molecule has 0 unspecified atom stereocenters. The number of nitrogens with zero attached hydrogens (tertiary/aromatic N) is 3. The van der Waals surface area contributed by atoms with Crippen LogP contribution in [0.5, 0.6) is 0 Å². The summed E-state index contributed by atoms with van der Waals surface area (Å²) in [6.07, 6.45) is 0. The summed E-state index contributed by atoms with van der Waals surface area (Å²) in [5.41, 5.74) is 0. The van der Waals surface area contributed by atoms with Gasteiger partial charge in [0.2, 0.25) is 23.8 Å². The van der Waals surface area contributed by atoms with E-state index in [2.05, 4.69) is 36.2 Å². The monoisotopic (exact) mass is 327 g/mol. The van der Waals surface area contributed by atoms with Crippen molar-refractivity contribution in [2.45, 2.75) is 6.92 Å². The predicted octanol–water partition coefficient (Wildman–Crippen LogP) is -0.464. The van der Waals surface area contributed by atoms with Crippen molar-refractivity contribution < 1.29 is 14.3 Å². The largest absolute Gasteiger partial charge is 0.383 e. The van der Waals surface area contributed by atoms with E-state index in [4.69, 9.17) is 9.47 Å². The maximum Gasteiger partial charge on any atom is 0.229 e. The van der Waals surface area contributed by atoms with E-state index in [-0.39, 0.29) is 5.91 Å². The van der Waals surface area contributed by atoms with Gasteiger partial charge in [0, 0.05) is 47.3 Å². The van der Waals surface area contributed by atoms with Crippen molar-refractivity contribution in [3.05, 3.63) is 0 Å². The third-order valence-electron chi connectivity index (χ3n) is 2.60. The van der Waals surface area contributed by atoms with E-state index < -0.39 is 0 Å². The first kappa shape index (κ1) is 18.8. The van der Waals surface area contributed by atoms with Gasteiger partial charge in [-0.3, -0.25) is 4.79 Å². The smallest absolute Gasteiger partial charge is 0.229 e. The maximum absolute atomic E-state index is 10.8. The number of hydrogen-bond acceptors (Lipinski definition) is 9. The number of aromatic nitrogens is 3. The highest BCUT2D eigenvalue weighted by molar-refractivity contribution is 5.72. The molecule has 0 aliphatic rings. The molecule has 1 aromatic heterocycles. The first-order valence-electron chi connectivity index (χ1n) is 7.35. The summed E-state index contributed by atoms with van der Waals surface area (Å²) in [6.45, 7) is 4.73. The van der Waals surface area contributed by atoms with Gasteiger partial charge in [-0.1, -0.05) is 0 Å². The zero-order chi connectivity index (χ0) is 16.9. The van der Waals surface area contributed by atoms with Crippen LogP contribution in [0.3, 0.4) is 0 Å². The average Bonchev–Trinajstić information content (AvgIpc) is 2.52. The second kappa shape index (κ2) is 11.4. The minimum atomic E-state index is -0.0775. The van der Waals surface area contributed by atoms with Gasteiger partial charge in [0.1, 0.15) is 0 Å². The fourth-order valence-electron chi connectivity index (χ4n) is 1.56. The first-order valence-corrected chi connectivity index (χ1v) is 7.35. The number of methoxy groups -OCH3 is 2. The molecule has 10 nitrogen and oxygen atoms in total. The number of nitrogens with one attached hydrogen (secondary N) is 4. The number of hydrogen-bond donors (Lipinski definition) is 4. The molecule has 0 aliphatic carbocycles. The lowest BCUT2D eigenvalue weighted by Gasteiger charge is -2.11. The number of rotatable bonds is 12. The minimum Gasteiger partial charge on any atom is -0.383 e. The normalized spacial score (nSPS) is 10.2. The number of carbonyl (C=O) groups is 1. The van der Waals surface area contributed by atoms with Crippen LogP contribution in [0.1, 0.15) is 6.92 Å². The zero-order valence-corrected chi connectivity index (χ0v) is 13.8. The second-order valence-electron chi connectivity index (χ2n) is 4.56. The van der Waals surface area contributed by atoms with Crippen LogP contribution in [0, 0.1) is 0 Å². The van der Waals surface area contributed by atoms with Crippen LogP contribution in [0.2, 0.25) is 0 Å². The van der Waals surface area contributed by atoms with Crippen LogP contribution in [-0.2, 0) is 14.3 Å². The molecule has 0 radical (unpaired) electrons. The van der Waals surface area contributed by atoms with Gasteiger partial charge in [0.05, 0.1) is 13.2 Å². The van der Waals surface area contributed by atoms with Gasteiger partial charge >= 0.3 is 0 Å². The average molecular weight is 327 g/mol. The van der Waals surface area contributed by atoms with Crippen LogP contribution in [-0.4, -0.2) is 74.5 Å². The summed E-state index contributed by atoms with van der Waals surface area (Å²) in [4.78, 5) is 23.6. The van der Waals surface area contributed by atoms with E-state index in [9.17, 15) is 4.79 Å². The highest BCUT2D eigenvalue weighted by atomic mass is 16.5. The summed E-state index contributed by atoms with van der Waals surface area (Å²) >= 11 is 0. The van der Waals surface area contributed by atoms with Crippen molar-refractivity contribution >= 4 is 23.8 Å². The molecule has 10 heteroatoms. The maximum atomic E-state index is 10.8. The van der Waals surface area contributed by atoms with Gasteiger partial charge in [-0.15, -0.1) is 0 Å². The van der Waals surface area contributed by atoms with Crippen molar-refractivity contribution in [2.24, 2.45) is 0 Å². The minimum absolute atomic E-state index is 0.0775. The topological polar surface area (TPSA) is 122 Å². The molecule has 4 N–H and O–H groups in total. The molecule has 0 atom stereocenters. The standard InChI is InChI=1S/C13H25N7O3/c1-10(21)14-4-5-15-11-18-12(16-6-8-22-2)20-13(19-11)17-7-9-23-3/h4-9H2,1-3H3,(H,14,21)(H3,15,16,17,18,19,20). The molecule has 0 aromatic carbocycles. The molecule has 1 heterocycles. The third-order valence-corrected chi connectivity index (χ3v) is 2.60. The lowest BCUT2D eigenvalue weighted by Crippen LogP contribution is -2.27. The first-order chi connectivity index (χ1) is 11.2. The number of amides is 1. The molecule has 1 amide bonds. The van der Waals surface area contributed by atoms with Crippen LogP contribution in [0.15, 0.2) is 0 Å². The van der Waals surface area contributed by atoms with E-state index in [1.807, 2.05) is 0 Å². The molecular weight excluding hydrogens is 302 g/mol. The van der Waals surface area contributed by atoms with Gasteiger partial charge in [0.15, 0.2) is 0 Å². The van der Waals surface area contributed by atoms with Crippen molar-refractivity contribution in [1.82, 2.24) is 20.3 Å². The quantitative estimate of drug-likeness (QED) is 0.377. The number of carbonyl (C=O) groups excluding carboxylic acids is 1. The summed E-state index contributed by atoms with van der Waals surface area (Å²) < 4.78 is 9.97. The van der Waals surface area contributed by atoms with E-state index in [0.717, 1.165) is 0 Å². The highest BCUT2D eigenvalue weighted by Crippen LogP contribution is 2.08. The third kappa shape index (κ3) is 8.73. The molecule has 0 aliphatic heterocycles. The van der Waals surface area contributed by atoms with Crippen LogP contribution < -0.4 is 21.3 Å². The van der Waals surface area contributed by atoms with E-state index in [1.54, 1.807) is 14.2 Å². The van der Waals surface area contributed by atoms with Crippen molar-refractivity contribution in [3.63, 3.8) is 0 Å². The lowest BCUT2D eigenvalue weighted by atomic mass is 10.5. The van der Waals surface area contributed by atoms with Crippen molar-refractivity contribution in [1.29, 1.82) is 0 Å². The lowest BCUT2D eigenvalue weighted by molar-refractivity contribution is -0.118. The van der Waals surface area contributed by atoms with E-state index in [1.165, 1.54) is 6.92 Å². The summed E-state index contributed by atoms with van der Waals surface area (Å²) in [5.74, 6) is 1.23. The Labute approximate surface area is 135 Å². The number of ether oxygens (including phenoxy) is 2. The van der Waals surface area contributed by atoms with Crippen molar-refractivity contribution in [3.8, 4) is 0 Å². The Bertz CT molecular complexity index is 445. The summed E-state index contributed by atoms with van der Waals surface area (Å²) in [7, 11) is 3.25. The van der Waals surface area contributed by atoms with Crippen LogP contribution in [0.25, 0.3) is 0 Å². The fraction of sp³-hybridized carbons (Fsp3) is 0.692. The van der Waals surface area contributed by atoms with E-state index in [0.29, 0.717) is 57.2 Å². The van der Waals surface area contributed by atoms with Gasteiger partial charge < -0.3 is 30.7 Å². The SMILES string of the molecule is COCCNc1nc(NCCNC(C)=O)nc(NCCOC)n1. The van der Waals surface area contributed by atoms with Crippen molar-refractivity contribution in [2.75, 3.05) is 69.6 Å². The zero-order valence-electron chi connectivity index (χ0n) is 13.8. The Hall–Kier alpha value is -2.20. The Morgan fingerprint density at radius 2 is 1.26 bits per heavy atom. The molecule has 23 heavy (non-hydrogen) atoms. The molecule has 0 saturated carbocycles. The predicted molar refractivity (Wildman–Crippen MR) is 87.7 cm³/mol. The molecule has 1 aromatic rings. The molecule has 1 rings (SSSR count). The Balaban J connectivity index is 2.62. The molecule has 0 spiro atoms. The Kier molecular flexibility index (Phi) is 9.32. The van der Waals surface area contributed by atoms with Crippen LogP contribution in [0.4, 0.5) is 17.8 Å². The van der Waals surface area contributed by atoms with Gasteiger partial charge in [-0.25, -0.2) is 0 Å². The Morgan fingerprint density at radius 3 is 1.65 bits per heavy atom. The van der Waals surface area contributed by atoms with Crippen LogP contribution >= 0.6 is 0 Å². The van der Waals surface area contributed by atoms with E-state index >= 15 is 0 Å². The molecule has 0 fully saturated rings. The number of anilines is 3. The summed E-state index contributed by atoms with van der Waals surface area (Å²) in [5, 5.41) is 11.8. The highest BCUT2D eigenvalue weighted by Gasteiger charge is 2.06. The molecule has 130 valence electrons. The van der Waals surface area contributed by atoms with Gasteiger partial charge in [0.25, 0.3) is 0 Å².